The molecule has 0 spiro atoms. The van der Waals surface area contributed by atoms with Crippen molar-refractivity contribution < 1.29 is 9.18 Å². The molecule has 21 heavy (non-hydrogen) atoms. The van der Waals surface area contributed by atoms with Gasteiger partial charge in [-0.05, 0) is 12.1 Å². The van der Waals surface area contributed by atoms with Gasteiger partial charge in [0.25, 0.3) is 0 Å². The summed E-state index contributed by atoms with van der Waals surface area (Å²) in [7, 11) is 1.82. The largest absolute Gasteiger partial charge is 0.354 e. The third-order valence-electron chi connectivity index (χ3n) is 3.54. The van der Waals surface area contributed by atoms with Crippen molar-refractivity contribution in [1.29, 1.82) is 0 Å². The van der Waals surface area contributed by atoms with Gasteiger partial charge in [-0.25, -0.2) is 4.39 Å². The van der Waals surface area contributed by atoms with Crippen LogP contribution in [0.4, 0.5) is 4.39 Å². The number of hydrogen-bond donors (Lipinski definition) is 1. The standard InChI is InChI=1S/C15H17FN4O/c1-19-8-11(9-20-7-6-17-14(21)10-20)15(18-19)12-4-2-3-5-13(12)16/h2-5,8H,6-7,9-10H2,1H3,(H,17,21). The van der Waals surface area contributed by atoms with Crippen molar-refractivity contribution in [2.75, 3.05) is 19.6 Å². The number of nitrogens with one attached hydrogen (secondary N) is 1. The monoisotopic (exact) mass is 288 g/mol. The van der Waals surface area contributed by atoms with E-state index in [2.05, 4.69) is 10.4 Å². The Balaban J connectivity index is 1.89. The molecule has 0 radical (unpaired) electrons. The second kappa shape index (κ2) is 5.65. The zero-order valence-corrected chi connectivity index (χ0v) is 11.8. The lowest BCUT2D eigenvalue weighted by Gasteiger charge is -2.26. The van der Waals surface area contributed by atoms with E-state index in [4.69, 9.17) is 0 Å². The van der Waals surface area contributed by atoms with Gasteiger partial charge in [-0.3, -0.25) is 14.4 Å². The van der Waals surface area contributed by atoms with Gasteiger partial charge >= 0.3 is 0 Å². The highest BCUT2D eigenvalue weighted by atomic mass is 19.1. The van der Waals surface area contributed by atoms with Gasteiger partial charge in [0.15, 0.2) is 0 Å². The van der Waals surface area contributed by atoms with Crippen LogP contribution in [0.25, 0.3) is 11.3 Å². The van der Waals surface area contributed by atoms with Crippen molar-refractivity contribution in [3.8, 4) is 11.3 Å². The molecule has 0 unspecified atom stereocenters. The summed E-state index contributed by atoms with van der Waals surface area (Å²) in [6, 6.07) is 6.62. The highest BCUT2D eigenvalue weighted by Gasteiger charge is 2.20. The van der Waals surface area contributed by atoms with Crippen molar-refractivity contribution in [3.63, 3.8) is 0 Å². The first-order chi connectivity index (χ1) is 10.1. The second-order valence-electron chi connectivity index (χ2n) is 5.22. The maximum Gasteiger partial charge on any atom is 0.234 e. The summed E-state index contributed by atoms with van der Waals surface area (Å²) < 4.78 is 15.7. The number of rotatable bonds is 3. The fourth-order valence-electron chi connectivity index (χ4n) is 2.60. The number of aromatic nitrogens is 2. The van der Waals surface area contributed by atoms with Gasteiger partial charge in [0.1, 0.15) is 5.82 Å². The third-order valence-corrected chi connectivity index (χ3v) is 3.54. The van der Waals surface area contributed by atoms with Crippen LogP contribution in [0.15, 0.2) is 30.5 Å². The van der Waals surface area contributed by atoms with E-state index in [-0.39, 0.29) is 11.7 Å². The summed E-state index contributed by atoms with van der Waals surface area (Å²) in [5.74, 6) is -0.258. The smallest absolute Gasteiger partial charge is 0.234 e. The van der Waals surface area contributed by atoms with Crippen LogP contribution in [-0.4, -0.2) is 40.2 Å². The first kappa shape index (κ1) is 13.8. The van der Waals surface area contributed by atoms with Gasteiger partial charge in [0, 0.05) is 44.0 Å². The van der Waals surface area contributed by atoms with E-state index >= 15 is 0 Å². The number of aryl methyl sites for hydroxylation is 1. The second-order valence-corrected chi connectivity index (χ2v) is 5.22. The summed E-state index contributed by atoms with van der Waals surface area (Å²) in [6.45, 7) is 2.39. The lowest BCUT2D eigenvalue weighted by Crippen LogP contribution is -2.47. The zero-order valence-electron chi connectivity index (χ0n) is 11.8. The minimum atomic E-state index is -0.283. The Kier molecular flexibility index (Phi) is 3.70. The Morgan fingerprint density at radius 1 is 1.38 bits per heavy atom. The summed E-state index contributed by atoms with van der Waals surface area (Å²) in [5, 5.41) is 7.17. The van der Waals surface area contributed by atoms with Gasteiger partial charge in [0.05, 0.1) is 12.2 Å². The molecule has 1 N–H and O–H groups in total. The van der Waals surface area contributed by atoms with E-state index in [0.717, 1.165) is 12.1 Å². The number of carbonyl (C=O) groups excluding carboxylic acids is 1. The van der Waals surface area contributed by atoms with Crippen LogP contribution in [-0.2, 0) is 18.4 Å². The van der Waals surface area contributed by atoms with E-state index in [0.29, 0.717) is 30.9 Å². The molecule has 1 amide bonds. The minimum Gasteiger partial charge on any atom is -0.354 e. The van der Waals surface area contributed by atoms with Crippen LogP contribution in [0.5, 0.6) is 0 Å². The molecule has 6 heteroatoms. The molecular formula is C15H17FN4O. The van der Waals surface area contributed by atoms with E-state index in [1.54, 1.807) is 22.9 Å². The van der Waals surface area contributed by atoms with Gasteiger partial charge in [0.2, 0.25) is 5.91 Å². The van der Waals surface area contributed by atoms with Crippen molar-refractivity contribution in [2.45, 2.75) is 6.54 Å². The molecule has 5 nitrogen and oxygen atoms in total. The predicted molar refractivity (Wildman–Crippen MR) is 76.9 cm³/mol. The molecule has 1 aliphatic rings. The Morgan fingerprint density at radius 3 is 2.95 bits per heavy atom. The summed E-state index contributed by atoms with van der Waals surface area (Å²) in [6.07, 6.45) is 1.88. The average molecular weight is 288 g/mol. The maximum absolute atomic E-state index is 14.0. The van der Waals surface area contributed by atoms with Crippen LogP contribution in [0.3, 0.4) is 0 Å². The highest BCUT2D eigenvalue weighted by molar-refractivity contribution is 5.78. The fraction of sp³-hybridized carbons (Fsp3) is 0.333. The number of benzene rings is 1. The van der Waals surface area contributed by atoms with Crippen LogP contribution in [0.1, 0.15) is 5.56 Å². The maximum atomic E-state index is 14.0. The number of amides is 1. The Bertz CT molecular complexity index is 667. The fourth-order valence-corrected chi connectivity index (χ4v) is 2.60. The molecule has 110 valence electrons. The molecule has 1 aromatic heterocycles. The van der Waals surface area contributed by atoms with Gasteiger partial charge in [-0.2, -0.15) is 5.10 Å². The topological polar surface area (TPSA) is 50.2 Å². The van der Waals surface area contributed by atoms with Crippen molar-refractivity contribution in [2.24, 2.45) is 7.05 Å². The average Bonchev–Trinajstić information content (AvgIpc) is 2.80. The molecule has 0 bridgehead atoms. The van der Waals surface area contributed by atoms with Crippen LogP contribution < -0.4 is 5.32 Å². The third kappa shape index (κ3) is 2.95. The first-order valence-electron chi connectivity index (χ1n) is 6.90. The normalized spacial score (nSPS) is 16.0. The van der Waals surface area contributed by atoms with E-state index < -0.39 is 0 Å². The molecule has 0 atom stereocenters. The molecule has 0 aliphatic carbocycles. The number of halogens is 1. The Labute approximate surface area is 122 Å². The Morgan fingerprint density at radius 2 is 2.19 bits per heavy atom. The summed E-state index contributed by atoms with van der Waals surface area (Å²) >= 11 is 0. The zero-order chi connectivity index (χ0) is 14.8. The number of carbonyl (C=O) groups is 1. The lowest BCUT2D eigenvalue weighted by atomic mass is 10.1. The SMILES string of the molecule is Cn1cc(CN2CCNC(=O)C2)c(-c2ccccc2F)n1. The van der Waals surface area contributed by atoms with Gasteiger partial charge < -0.3 is 5.32 Å². The van der Waals surface area contributed by atoms with E-state index in [9.17, 15) is 9.18 Å². The molecule has 3 rings (SSSR count). The molecule has 2 aromatic rings. The molecule has 0 saturated carbocycles. The summed E-state index contributed by atoms with van der Waals surface area (Å²) in [4.78, 5) is 13.5. The van der Waals surface area contributed by atoms with Crippen LogP contribution >= 0.6 is 0 Å². The molecule has 2 heterocycles. The van der Waals surface area contributed by atoms with Crippen LogP contribution in [0.2, 0.25) is 0 Å². The molecule has 1 aliphatic heterocycles. The first-order valence-corrected chi connectivity index (χ1v) is 6.90. The number of hydrogen-bond acceptors (Lipinski definition) is 3. The minimum absolute atomic E-state index is 0.0255. The predicted octanol–water partition coefficient (Wildman–Crippen LogP) is 1.16. The number of piperazine rings is 1. The highest BCUT2D eigenvalue weighted by Crippen LogP contribution is 2.25. The molecule has 1 saturated heterocycles. The van der Waals surface area contributed by atoms with Gasteiger partial charge in [-0.15, -0.1) is 0 Å². The van der Waals surface area contributed by atoms with Crippen molar-refractivity contribution in [3.05, 3.63) is 41.8 Å². The van der Waals surface area contributed by atoms with Crippen molar-refractivity contribution in [1.82, 2.24) is 20.0 Å². The lowest BCUT2D eigenvalue weighted by molar-refractivity contribution is -0.124. The molecule has 1 aromatic carbocycles. The number of nitrogens with zero attached hydrogens (tertiary/aromatic N) is 3. The van der Waals surface area contributed by atoms with E-state index in [1.165, 1.54) is 6.07 Å². The quantitative estimate of drug-likeness (QED) is 0.922. The van der Waals surface area contributed by atoms with Crippen molar-refractivity contribution >= 4 is 5.91 Å². The molecular weight excluding hydrogens is 271 g/mol. The van der Waals surface area contributed by atoms with Crippen LogP contribution in [0, 0.1) is 5.82 Å². The molecule has 1 fully saturated rings. The van der Waals surface area contributed by atoms with E-state index in [1.807, 2.05) is 18.1 Å². The summed E-state index contributed by atoms with van der Waals surface area (Å²) in [5.41, 5.74) is 2.06. The van der Waals surface area contributed by atoms with Gasteiger partial charge in [-0.1, -0.05) is 12.1 Å². The Hall–Kier alpha value is -2.21.